The van der Waals surface area contributed by atoms with E-state index in [-0.39, 0.29) is 35.4 Å². The monoisotopic (exact) mass is 384 g/mol. The van der Waals surface area contributed by atoms with E-state index in [2.05, 4.69) is 5.32 Å². The number of hydrogen-bond acceptors (Lipinski definition) is 5. The zero-order valence-corrected chi connectivity index (χ0v) is 15.8. The molecule has 28 heavy (non-hydrogen) atoms. The molecule has 0 aromatic heterocycles. The van der Waals surface area contributed by atoms with Crippen molar-refractivity contribution in [2.24, 2.45) is 0 Å². The highest BCUT2D eigenvalue weighted by Crippen LogP contribution is 2.35. The van der Waals surface area contributed by atoms with Gasteiger partial charge in [0.2, 0.25) is 0 Å². The van der Waals surface area contributed by atoms with E-state index >= 15 is 0 Å². The third-order valence-electron chi connectivity index (χ3n) is 4.90. The molecule has 1 amide bonds. The first kappa shape index (κ1) is 19.7. The summed E-state index contributed by atoms with van der Waals surface area (Å²) in [6, 6.07) is 12.2. The summed E-state index contributed by atoms with van der Waals surface area (Å²) < 4.78 is 11.1. The fourth-order valence-electron chi connectivity index (χ4n) is 3.40. The van der Waals surface area contributed by atoms with Crippen molar-refractivity contribution in [3.8, 4) is 11.5 Å². The molecule has 1 N–H and O–H groups in total. The van der Waals surface area contributed by atoms with Crippen LogP contribution in [-0.2, 0) is 6.61 Å². The van der Waals surface area contributed by atoms with Crippen molar-refractivity contribution < 1.29 is 19.2 Å². The summed E-state index contributed by atoms with van der Waals surface area (Å²) in [6.07, 6.45) is 5.07. The van der Waals surface area contributed by atoms with Crippen LogP contribution in [0.2, 0.25) is 0 Å². The number of amides is 1. The molecule has 0 unspecified atom stereocenters. The van der Waals surface area contributed by atoms with Crippen LogP contribution in [0.3, 0.4) is 0 Å². The number of carbonyl (C=O) groups is 1. The Kier molecular flexibility index (Phi) is 6.47. The molecule has 148 valence electrons. The average molecular weight is 384 g/mol. The predicted molar refractivity (Wildman–Crippen MR) is 105 cm³/mol. The van der Waals surface area contributed by atoms with Crippen molar-refractivity contribution in [3.05, 3.63) is 63.7 Å². The Hall–Kier alpha value is -3.09. The first-order valence-electron chi connectivity index (χ1n) is 9.42. The van der Waals surface area contributed by atoms with Crippen LogP contribution in [0, 0.1) is 10.1 Å². The van der Waals surface area contributed by atoms with Gasteiger partial charge >= 0.3 is 0 Å². The number of nitrogens with zero attached hydrogens (tertiary/aromatic N) is 1. The Labute approximate surface area is 163 Å². The van der Waals surface area contributed by atoms with E-state index in [1.807, 2.05) is 30.3 Å². The molecular weight excluding hydrogens is 360 g/mol. The molecule has 0 aliphatic heterocycles. The molecule has 0 saturated heterocycles. The van der Waals surface area contributed by atoms with Gasteiger partial charge < -0.3 is 14.8 Å². The molecule has 0 radical (unpaired) electrons. The van der Waals surface area contributed by atoms with Gasteiger partial charge in [0.1, 0.15) is 12.2 Å². The van der Waals surface area contributed by atoms with Crippen LogP contribution in [0.4, 0.5) is 5.69 Å². The summed E-state index contributed by atoms with van der Waals surface area (Å²) in [4.78, 5) is 23.7. The highest BCUT2D eigenvalue weighted by molar-refractivity contribution is 5.99. The molecule has 0 atom stereocenters. The Morgan fingerprint density at radius 1 is 1.14 bits per heavy atom. The van der Waals surface area contributed by atoms with Gasteiger partial charge in [0, 0.05) is 12.1 Å². The van der Waals surface area contributed by atoms with Crippen LogP contribution in [-0.4, -0.2) is 24.0 Å². The van der Waals surface area contributed by atoms with Crippen molar-refractivity contribution in [1.29, 1.82) is 0 Å². The van der Waals surface area contributed by atoms with Crippen molar-refractivity contribution in [1.82, 2.24) is 5.32 Å². The van der Waals surface area contributed by atoms with Crippen molar-refractivity contribution in [2.45, 2.75) is 44.8 Å². The lowest BCUT2D eigenvalue weighted by molar-refractivity contribution is -0.385. The van der Waals surface area contributed by atoms with Crippen molar-refractivity contribution >= 4 is 11.6 Å². The molecule has 1 saturated carbocycles. The van der Waals surface area contributed by atoms with Gasteiger partial charge in [-0.3, -0.25) is 14.9 Å². The lowest BCUT2D eigenvalue weighted by Gasteiger charge is -2.23. The topological polar surface area (TPSA) is 90.7 Å². The summed E-state index contributed by atoms with van der Waals surface area (Å²) >= 11 is 0. The maximum atomic E-state index is 12.7. The predicted octanol–water partition coefficient (Wildman–Crippen LogP) is 4.24. The van der Waals surface area contributed by atoms with E-state index in [1.54, 1.807) is 0 Å². The van der Waals surface area contributed by atoms with E-state index in [9.17, 15) is 14.9 Å². The number of rotatable bonds is 7. The maximum Gasteiger partial charge on any atom is 0.286 e. The quantitative estimate of drug-likeness (QED) is 0.569. The van der Waals surface area contributed by atoms with E-state index in [1.165, 1.54) is 19.2 Å². The van der Waals surface area contributed by atoms with E-state index < -0.39 is 10.8 Å². The number of nitrogens with one attached hydrogen (secondary N) is 1. The number of ether oxygens (including phenoxy) is 2. The second kappa shape index (κ2) is 9.21. The Morgan fingerprint density at radius 3 is 2.50 bits per heavy atom. The summed E-state index contributed by atoms with van der Waals surface area (Å²) in [5.74, 6) is 0.0640. The molecule has 3 rings (SSSR count). The molecule has 0 bridgehead atoms. The van der Waals surface area contributed by atoms with Gasteiger partial charge in [-0.25, -0.2) is 0 Å². The fraction of sp³-hybridized carbons (Fsp3) is 0.381. The van der Waals surface area contributed by atoms with Crippen LogP contribution < -0.4 is 14.8 Å². The Balaban J connectivity index is 1.83. The van der Waals surface area contributed by atoms with Gasteiger partial charge in [0.25, 0.3) is 11.6 Å². The van der Waals surface area contributed by atoms with Crippen molar-refractivity contribution in [2.75, 3.05) is 7.11 Å². The van der Waals surface area contributed by atoms with Crippen LogP contribution in [0.15, 0.2) is 42.5 Å². The fourth-order valence-corrected chi connectivity index (χ4v) is 3.40. The highest BCUT2D eigenvalue weighted by Gasteiger charge is 2.26. The number of benzene rings is 2. The van der Waals surface area contributed by atoms with E-state index in [0.717, 1.165) is 37.7 Å². The van der Waals surface area contributed by atoms with Crippen molar-refractivity contribution in [3.63, 3.8) is 0 Å². The number of nitro groups is 1. The molecule has 7 nitrogen and oxygen atoms in total. The van der Waals surface area contributed by atoms with Crippen LogP contribution in [0.5, 0.6) is 11.5 Å². The first-order valence-corrected chi connectivity index (χ1v) is 9.42. The van der Waals surface area contributed by atoms with E-state index in [0.29, 0.717) is 0 Å². The highest BCUT2D eigenvalue weighted by atomic mass is 16.6. The van der Waals surface area contributed by atoms with Gasteiger partial charge in [-0.15, -0.1) is 0 Å². The average Bonchev–Trinajstić information content (AvgIpc) is 2.73. The summed E-state index contributed by atoms with van der Waals surface area (Å²) in [5, 5.41) is 14.5. The number of methoxy groups -OCH3 is 1. The zero-order valence-electron chi connectivity index (χ0n) is 15.8. The van der Waals surface area contributed by atoms with Gasteiger partial charge in [-0.2, -0.15) is 0 Å². The van der Waals surface area contributed by atoms with Crippen LogP contribution in [0.25, 0.3) is 0 Å². The van der Waals surface area contributed by atoms with Gasteiger partial charge in [0.15, 0.2) is 11.5 Å². The molecule has 1 aliphatic carbocycles. The zero-order chi connectivity index (χ0) is 19.9. The third-order valence-corrected chi connectivity index (χ3v) is 4.90. The number of carbonyl (C=O) groups excluding carboxylic acids is 1. The minimum atomic E-state index is -0.565. The second-order valence-corrected chi connectivity index (χ2v) is 6.86. The van der Waals surface area contributed by atoms with E-state index in [4.69, 9.17) is 9.47 Å². The molecule has 1 aliphatic rings. The lowest BCUT2D eigenvalue weighted by Crippen LogP contribution is -2.36. The van der Waals surface area contributed by atoms with Gasteiger partial charge in [-0.1, -0.05) is 49.6 Å². The molecular formula is C21H24N2O5. The number of nitro benzene ring substituents is 1. The maximum absolute atomic E-state index is 12.7. The summed E-state index contributed by atoms with van der Waals surface area (Å²) in [6.45, 7) is 0.238. The molecule has 7 heteroatoms. The van der Waals surface area contributed by atoms with Crippen LogP contribution in [0.1, 0.15) is 48.0 Å². The molecule has 0 spiro atoms. The second-order valence-electron chi connectivity index (χ2n) is 6.86. The normalized spacial score (nSPS) is 14.3. The first-order chi connectivity index (χ1) is 13.6. The minimum absolute atomic E-state index is 0.0144. The SMILES string of the molecule is COc1cc(C(=O)NC2CCCCC2)c([N+](=O)[O-])cc1OCc1ccccc1. The van der Waals surface area contributed by atoms with Crippen LogP contribution >= 0.6 is 0 Å². The third kappa shape index (κ3) is 4.79. The summed E-state index contributed by atoms with van der Waals surface area (Å²) in [5.41, 5.74) is 0.614. The standard InChI is InChI=1S/C21H24N2O5/c1-27-19-12-17(21(24)22-16-10-6-3-7-11-16)18(23(25)26)13-20(19)28-14-15-8-4-2-5-9-15/h2,4-5,8-9,12-13,16H,3,6-7,10-11,14H2,1H3,(H,22,24). The van der Waals surface area contributed by atoms with Gasteiger partial charge in [-0.05, 0) is 18.4 Å². The molecule has 2 aromatic carbocycles. The Morgan fingerprint density at radius 2 is 1.86 bits per heavy atom. The van der Waals surface area contributed by atoms with Gasteiger partial charge in [0.05, 0.1) is 18.1 Å². The molecule has 2 aromatic rings. The minimum Gasteiger partial charge on any atom is -0.493 e. The molecule has 1 fully saturated rings. The summed E-state index contributed by atoms with van der Waals surface area (Å²) in [7, 11) is 1.44. The molecule has 0 heterocycles. The smallest absolute Gasteiger partial charge is 0.286 e. The Bertz CT molecular complexity index is 832. The number of hydrogen-bond donors (Lipinski definition) is 1. The largest absolute Gasteiger partial charge is 0.493 e. The lowest BCUT2D eigenvalue weighted by atomic mass is 9.95.